The standard InChI is InChI=1S/CH3F3O3P/c2-1(3,4)8(5,6)7/h5-7H/q+1. The van der Waals surface area contributed by atoms with Crippen LogP contribution in [0.25, 0.3) is 0 Å². The summed E-state index contributed by atoms with van der Waals surface area (Å²) >= 11 is 0. The van der Waals surface area contributed by atoms with Crippen LogP contribution in [0, 0.1) is 0 Å². The van der Waals surface area contributed by atoms with Crippen LogP contribution in [0.2, 0.25) is 0 Å². The first-order valence-electron chi connectivity index (χ1n) is 1.39. The number of rotatable bonds is 0. The van der Waals surface area contributed by atoms with Gasteiger partial charge in [0.15, 0.2) is 0 Å². The molecule has 0 aromatic heterocycles. The fraction of sp³-hybridized carbons (Fsp3) is 1.00. The Balaban J connectivity index is 4.02. The minimum Gasteiger partial charge on any atom is -0.186 e. The third kappa shape index (κ3) is 1.92. The number of hydrogen-bond acceptors (Lipinski definition) is 3. The van der Waals surface area contributed by atoms with Gasteiger partial charge in [-0.3, -0.25) is 0 Å². The normalized spacial score (nSPS) is 14.2. The highest BCUT2D eigenvalue weighted by atomic mass is 31.2. The van der Waals surface area contributed by atoms with Crippen LogP contribution in [0.3, 0.4) is 0 Å². The van der Waals surface area contributed by atoms with Gasteiger partial charge in [0.1, 0.15) is 0 Å². The molecule has 0 aromatic rings. The van der Waals surface area contributed by atoms with Crippen LogP contribution < -0.4 is 0 Å². The molecule has 0 atom stereocenters. The molecule has 50 valence electrons. The van der Waals surface area contributed by atoms with Gasteiger partial charge in [-0.25, -0.2) is 0 Å². The number of alkyl halides is 3. The van der Waals surface area contributed by atoms with Crippen LogP contribution in [0.5, 0.6) is 0 Å². The summed E-state index contributed by atoms with van der Waals surface area (Å²) in [5, 5.41) is 0. The molecule has 0 aliphatic carbocycles. The van der Waals surface area contributed by atoms with Crippen LogP contribution in [-0.4, -0.2) is 20.6 Å². The fourth-order valence-corrected chi connectivity index (χ4v) is 0. The largest absolute Gasteiger partial charge is 0.597 e. The predicted molar refractivity (Wildman–Crippen MR) is 19.6 cm³/mol. The highest BCUT2D eigenvalue weighted by Crippen LogP contribution is 2.60. The lowest BCUT2D eigenvalue weighted by Gasteiger charge is -2.04. The minimum atomic E-state index is -5.60. The van der Waals surface area contributed by atoms with Gasteiger partial charge in [-0.2, -0.15) is 14.7 Å². The van der Waals surface area contributed by atoms with Gasteiger partial charge < -0.3 is 0 Å². The van der Waals surface area contributed by atoms with E-state index in [2.05, 4.69) is 0 Å². The molecule has 0 amide bonds. The summed E-state index contributed by atoms with van der Waals surface area (Å²) in [6.45, 7) is 0. The minimum absolute atomic E-state index is 5.28. The number of hydrogen-bond donors (Lipinski definition) is 3. The van der Waals surface area contributed by atoms with Crippen molar-refractivity contribution in [2.45, 2.75) is 5.92 Å². The lowest BCUT2D eigenvalue weighted by Crippen LogP contribution is -2.12. The van der Waals surface area contributed by atoms with Gasteiger partial charge in [0, 0.05) is 0 Å². The molecule has 0 bridgehead atoms. The average Bonchev–Trinajstić information content (AvgIpc) is 1.25. The van der Waals surface area contributed by atoms with Crippen molar-refractivity contribution in [1.82, 2.24) is 0 Å². The Morgan fingerprint density at radius 2 is 1.12 bits per heavy atom. The molecule has 0 fully saturated rings. The van der Waals surface area contributed by atoms with E-state index in [-0.39, 0.29) is 0 Å². The topological polar surface area (TPSA) is 60.7 Å². The van der Waals surface area contributed by atoms with E-state index in [1.165, 1.54) is 0 Å². The van der Waals surface area contributed by atoms with Crippen LogP contribution in [0.1, 0.15) is 0 Å². The molecular weight excluding hydrogens is 148 g/mol. The second kappa shape index (κ2) is 1.80. The van der Waals surface area contributed by atoms with E-state index in [9.17, 15) is 13.2 Å². The molecule has 3 nitrogen and oxygen atoms in total. The Hall–Kier alpha value is 0.100. The second-order valence-corrected chi connectivity index (χ2v) is 2.68. The molecule has 0 aromatic carbocycles. The zero-order chi connectivity index (χ0) is 7.00. The molecule has 0 radical (unpaired) electrons. The molecule has 0 spiro atoms. The van der Waals surface area contributed by atoms with E-state index in [0.717, 1.165) is 0 Å². The van der Waals surface area contributed by atoms with Crippen molar-refractivity contribution in [1.29, 1.82) is 0 Å². The Morgan fingerprint density at radius 1 is 1.00 bits per heavy atom. The van der Waals surface area contributed by atoms with Crippen molar-refractivity contribution in [3.05, 3.63) is 0 Å². The molecule has 0 rings (SSSR count). The van der Waals surface area contributed by atoms with Crippen LogP contribution in [0.4, 0.5) is 13.2 Å². The lowest BCUT2D eigenvalue weighted by molar-refractivity contribution is -0.0750. The lowest BCUT2D eigenvalue weighted by atomic mass is 11.6. The molecule has 7 heteroatoms. The molecule has 8 heavy (non-hydrogen) atoms. The second-order valence-electron chi connectivity index (χ2n) is 1.04. The highest BCUT2D eigenvalue weighted by Gasteiger charge is 2.64. The summed E-state index contributed by atoms with van der Waals surface area (Å²) < 4.78 is 32.6. The Labute approximate surface area is 43.0 Å². The average molecular weight is 151 g/mol. The predicted octanol–water partition coefficient (Wildman–Crippen LogP) is 0.246. The van der Waals surface area contributed by atoms with Crippen LogP contribution in [0.15, 0.2) is 0 Å². The van der Waals surface area contributed by atoms with E-state index < -0.39 is 13.9 Å². The Bertz CT molecular complexity index is 69.5. The maximum Gasteiger partial charge on any atom is 0.597 e. The third-order valence-electron chi connectivity index (χ3n) is 0.340. The maximum atomic E-state index is 10.9. The zero-order valence-electron chi connectivity index (χ0n) is 3.42. The monoisotopic (exact) mass is 151 g/mol. The van der Waals surface area contributed by atoms with Gasteiger partial charge in [0.25, 0.3) is 0 Å². The summed E-state index contributed by atoms with van der Waals surface area (Å²) in [5.41, 5.74) is 0. The fourth-order valence-electron chi connectivity index (χ4n) is 0. The summed E-state index contributed by atoms with van der Waals surface area (Å²) in [4.78, 5) is 22.4. The summed E-state index contributed by atoms with van der Waals surface area (Å²) in [6.07, 6.45) is 0. The van der Waals surface area contributed by atoms with E-state index >= 15 is 0 Å². The van der Waals surface area contributed by atoms with Gasteiger partial charge in [-0.1, -0.05) is 0 Å². The molecule has 0 saturated heterocycles. The first kappa shape index (κ1) is 8.10. The van der Waals surface area contributed by atoms with E-state index in [0.29, 0.717) is 0 Å². The van der Waals surface area contributed by atoms with Crippen LogP contribution >= 0.6 is 7.94 Å². The van der Waals surface area contributed by atoms with Crippen molar-refractivity contribution >= 4 is 7.94 Å². The van der Waals surface area contributed by atoms with E-state index in [1.54, 1.807) is 0 Å². The summed E-state index contributed by atoms with van der Waals surface area (Å²) in [5.74, 6) is -5.28. The molecule has 0 aliphatic heterocycles. The first-order chi connectivity index (χ1) is 3.25. The molecular formula is CH3F3O3P+. The van der Waals surface area contributed by atoms with Gasteiger partial charge in [-0.05, 0) is 0 Å². The van der Waals surface area contributed by atoms with Gasteiger partial charge in [0.05, 0.1) is 0 Å². The molecule has 3 N–H and O–H groups in total. The van der Waals surface area contributed by atoms with E-state index in [4.69, 9.17) is 14.7 Å². The van der Waals surface area contributed by atoms with Crippen molar-refractivity contribution in [3.63, 3.8) is 0 Å². The van der Waals surface area contributed by atoms with E-state index in [1.807, 2.05) is 0 Å². The Kier molecular flexibility index (Phi) is 1.83. The van der Waals surface area contributed by atoms with Crippen molar-refractivity contribution in [2.24, 2.45) is 0 Å². The SMILES string of the molecule is O[P+](O)(O)C(F)(F)F. The van der Waals surface area contributed by atoms with Gasteiger partial charge >= 0.3 is 13.9 Å². The molecule has 0 aliphatic rings. The quantitative estimate of drug-likeness (QED) is 0.434. The van der Waals surface area contributed by atoms with Crippen molar-refractivity contribution in [3.8, 4) is 0 Å². The van der Waals surface area contributed by atoms with Gasteiger partial charge in [0.2, 0.25) is 0 Å². The smallest absolute Gasteiger partial charge is 0.186 e. The maximum absolute atomic E-state index is 10.9. The van der Waals surface area contributed by atoms with Crippen molar-refractivity contribution in [2.75, 3.05) is 0 Å². The Morgan fingerprint density at radius 3 is 1.12 bits per heavy atom. The van der Waals surface area contributed by atoms with Crippen LogP contribution in [-0.2, 0) is 0 Å². The first-order valence-corrected chi connectivity index (χ1v) is 3.04. The molecule has 0 saturated carbocycles. The third-order valence-corrected chi connectivity index (χ3v) is 1.02. The highest BCUT2D eigenvalue weighted by molar-refractivity contribution is 7.59. The molecule has 0 heterocycles. The zero-order valence-corrected chi connectivity index (χ0v) is 4.32. The number of halogens is 3. The molecule has 0 unspecified atom stereocenters. The summed E-state index contributed by atoms with van der Waals surface area (Å²) in [7, 11) is -5.60. The summed E-state index contributed by atoms with van der Waals surface area (Å²) in [6, 6.07) is 0. The van der Waals surface area contributed by atoms with Gasteiger partial charge in [-0.15, -0.1) is 13.2 Å². The van der Waals surface area contributed by atoms with Crippen molar-refractivity contribution < 1.29 is 27.9 Å².